The number of anilines is 1. The zero-order valence-corrected chi connectivity index (χ0v) is 17.7. The molecule has 2 N–H and O–H groups in total. The largest absolute Gasteiger partial charge is 0.392 e. The fraction of sp³-hybridized carbons (Fsp3) is 0.238. The standard InChI is InChI=1S/C21H13B4FN6O2/c22-20(23)7-15(33)21(24,25)32(20)16-4-5-31(30-16)14-6-12(29-13-9-28-19(34)18(13)14)17-10(8-27)2-1-3-11(17)26/h1-6,15,33H,7,9H2,(H,28,34)/t15-/m0/s1. The van der Waals surface area contributed by atoms with Gasteiger partial charge in [0.1, 0.15) is 11.6 Å². The van der Waals surface area contributed by atoms with Gasteiger partial charge in [0.2, 0.25) is 0 Å². The molecule has 0 spiro atoms. The topological polar surface area (TPSA) is 107 Å². The van der Waals surface area contributed by atoms with E-state index in [-0.39, 0.29) is 52.8 Å². The van der Waals surface area contributed by atoms with Crippen molar-refractivity contribution >= 4 is 43.1 Å². The van der Waals surface area contributed by atoms with Crippen LogP contribution in [0.2, 0.25) is 0 Å². The Balaban J connectivity index is 1.68. The number of aliphatic hydroxyl groups is 1. The number of amides is 1. The Morgan fingerprint density at radius 3 is 2.68 bits per heavy atom. The number of pyridine rings is 1. The SMILES string of the molecule is [B]C1([B])C[C@H](O)C([B])([B])N1c1ccn(-c2cc(-c3c(F)cccc3C#N)nc3c2C(=O)NC3)n1. The second-order valence-corrected chi connectivity index (χ2v) is 8.36. The Hall–Kier alpha value is -3.51. The quantitative estimate of drug-likeness (QED) is 0.540. The number of benzene rings is 1. The Labute approximate surface area is 199 Å². The molecule has 2 aliphatic heterocycles. The van der Waals surface area contributed by atoms with Crippen molar-refractivity contribution in [1.29, 1.82) is 5.26 Å². The number of fused-ring (bicyclic) bond motifs is 1. The van der Waals surface area contributed by atoms with E-state index in [0.29, 0.717) is 5.69 Å². The van der Waals surface area contributed by atoms with Crippen LogP contribution in [0.3, 0.4) is 0 Å². The van der Waals surface area contributed by atoms with E-state index in [1.54, 1.807) is 0 Å². The zero-order valence-electron chi connectivity index (χ0n) is 17.7. The van der Waals surface area contributed by atoms with Gasteiger partial charge in [0.25, 0.3) is 5.91 Å². The second-order valence-electron chi connectivity index (χ2n) is 8.36. The molecule has 0 bridgehead atoms. The van der Waals surface area contributed by atoms with Crippen LogP contribution in [0.4, 0.5) is 10.2 Å². The van der Waals surface area contributed by atoms with Crippen LogP contribution in [0.15, 0.2) is 36.5 Å². The molecular formula is C21H13B4FN6O2. The number of carbonyl (C=O) groups is 1. The van der Waals surface area contributed by atoms with Crippen molar-refractivity contribution in [3.8, 4) is 23.0 Å². The Morgan fingerprint density at radius 1 is 1.24 bits per heavy atom. The number of aromatic nitrogens is 3. The predicted molar refractivity (Wildman–Crippen MR) is 124 cm³/mol. The van der Waals surface area contributed by atoms with Crippen molar-refractivity contribution in [3.05, 3.63) is 59.2 Å². The lowest BCUT2D eigenvalue weighted by Crippen LogP contribution is -2.59. The molecule has 158 valence electrons. The summed E-state index contributed by atoms with van der Waals surface area (Å²) >= 11 is 0. The number of hydrogen-bond donors (Lipinski definition) is 2. The van der Waals surface area contributed by atoms with Crippen molar-refractivity contribution in [2.24, 2.45) is 0 Å². The molecule has 2 aliphatic rings. The maximum Gasteiger partial charge on any atom is 0.255 e. The van der Waals surface area contributed by atoms with Gasteiger partial charge in [-0.05, 0) is 35.3 Å². The number of hydrogen-bond acceptors (Lipinski definition) is 6. The average Bonchev–Trinajstić information content (AvgIpc) is 3.42. The van der Waals surface area contributed by atoms with Gasteiger partial charge in [0.15, 0.2) is 0 Å². The Bertz CT molecular complexity index is 1390. The van der Waals surface area contributed by atoms with Crippen LogP contribution in [0, 0.1) is 17.1 Å². The minimum Gasteiger partial charge on any atom is -0.392 e. The molecule has 0 saturated carbocycles. The monoisotopic (exact) mass is 444 g/mol. The molecule has 5 rings (SSSR count). The van der Waals surface area contributed by atoms with E-state index in [1.807, 2.05) is 6.07 Å². The van der Waals surface area contributed by atoms with Crippen LogP contribution in [0.25, 0.3) is 16.9 Å². The second kappa shape index (κ2) is 7.50. The van der Waals surface area contributed by atoms with E-state index in [4.69, 9.17) is 31.4 Å². The third-order valence-electron chi connectivity index (χ3n) is 6.02. The lowest BCUT2D eigenvalue weighted by atomic mass is 9.58. The summed E-state index contributed by atoms with van der Waals surface area (Å²) in [6.45, 7) is 0.126. The van der Waals surface area contributed by atoms with Gasteiger partial charge in [-0.25, -0.2) is 14.1 Å². The van der Waals surface area contributed by atoms with Gasteiger partial charge in [-0.3, -0.25) is 4.79 Å². The molecule has 1 fully saturated rings. The highest BCUT2D eigenvalue weighted by Gasteiger charge is 2.49. The highest BCUT2D eigenvalue weighted by atomic mass is 19.1. The third kappa shape index (κ3) is 3.24. The van der Waals surface area contributed by atoms with Crippen molar-refractivity contribution < 1.29 is 14.3 Å². The van der Waals surface area contributed by atoms with Gasteiger partial charge in [-0.1, -0.05) is 6.07 Å². The lowest BCUT2D eigenvalue weighted by molar-refractivity contribution is 0.0965. The smallest absolute Gasteiger partial charge is 0.255 e. The summed E-state index contributed by atoms with van der Waals surface area (Å²) in [5.41, 5.74) is 1.16. The van der Waals surface area contributed by atoms with Gasteiger partial charge in [0.05, 0.1) is 83.9 Å². The van der Waals surface area contributed by atoms with Crippen molar-refractivity contribution in [2.45, 2.75) is 29.7 Å². The molecule has 1 atom stereocenters. The van der Waals surface area contributed by atoms with E-state index in [1.165, 1.54) is 46.1 Å². The summed E-state index contributed by atoms with van der Waals surface area (Å²) in [5.74, 6) is -0.861. The van der Waals surface area contributed by atoms with Crippen molar-refractivity contribution in [3.63, 3.8) is 0 Å². The lowest BCUT2D eigenvalue weighted by Gasteiger charge is -2.43. The van der Waals surface area contributed by atoms with Crippen LogP contribution in [0.1, 0.15) is 28.0 Å². The average molecular weight is 444 g/mol. The molecule has 2 aromatic heterocycles. The van der Waals surface area contributed by atoms with E-state index < -0.39 is 22.6 Å². The highest BCUT2D eigenvalue weighted by Crippen LogP contribution is 2.38. The molecule has 1 amide bonds. The summed E-state index contributed by atoms with van der Waals surface area (Å²) in [6, 6.07) is 9.08. The first-order valence-electron chi connectivity index (χ1n) is 10.3. The Morgan fingerprint density at radius 2 is 2.00 bits per heavy atom. The number of carbonyl (C=O) groups excluding carboxylic acids is 1. The number of nitriles is 1. The van der Waals surface area contributed by atoms with Crippen LogP contribution in [-0.4, -0.2) is 73.9 Å². The van der Waals surface area contributed by atoms with E-state index in [9.17, 15) is 19.6 Å². The van der Waals surface area contributed by atoms with Crippen LogP contribution < -0.4 is 10.2 Å². The number of halogens is 1. The van der Waals surface area contributed by atoms with Crippen LogP contribution >= 0.6 is 0 Å². The maximum atomic E-state index is 14.7. The van der Waals surface area contributed by atoms with E-state index in [2.05, 4.69) is 15.4 Å². The number of nitrogens with zero attached hydrogens (tertiary/aromatic N) is 5. The maximum absolute atomic E-state index is 14.7. The summed E-state index contributed by atoms with van der Waals surface area (Å²) in [7, 11) is 24.4. The first-order chi connectivity index (χ1) is 16.0. The van der Waals surface area contributed by atoms with E-state index >= 15 is 0 Å². The predicted octanol–water partition coefficient (Wildman–Crippen LogP) is -0.259. The molecule has 1 aromatic carbocycles. The van der Waals surface area contributed by atoms with Crippen molar-refractivity contribution in [2.75, 3.05) is 4.90 Å². The molecule has 13 heteroatoms. The molecule has 34 heavy (non-hydrogen) atoms. The van der Waals surface area contributed by atoms with Gasteiger partial charge in [-0.15, -0.1) is 0 Å². The van der Waals surface area contributed by atoms with Gasteiger partial charge < -0.3 is 15.3 Å². The minimum atomic E-state index is -1.79. The fourth-order valence-electron chi connectivity index (χ4n) is 4.45. The van der Waals surface area contributed by atoms with Gasteiger partial charge in [0, 0.05) is 12.3 Å². The first-order valence-corrected chi connectivity index (χ1v) is 10.3. The molecule has 0 unspecified atom stereocenters. The molecular weight excluding hydrogens is 431 g/mol. The molecule has 0 aliphatic carbocycles. The number of nitrogens with one attached hydrogen (secondary N) is 1. The molecule has 3 aromatic rings. The Kier molecular flexibility index (Phi) is 4.92. The van der Waals surface area contributed by atoms with Crippen LogP contribution in [0.5, 0.6) is 0 Å². The van der Waals surface area contributed by atoms with Crippen molar-refractivity contribution in [1.82, 2.24) is 20.1 Å². The first kappa shape index (κ1) is 22.3. The summed E-state index contributed by atoms with van der Waals surface area (Å²) in [5, 5.41) is 23.5. The number of aliphatic hydroxyl groups excluding tert-OH is 1. The summed E-state index contributed by atoms with van der Waals surface area (Å²) < 4.78 is 16.1. The van der Waals surface area contributed by atoms with Gasteiger partial charge >= 0.3 is 0 Å². The highest BCUT2D eigenvalue weighted by molar-refractivity contribution is 6.49. The summed E-state index contributed by atoms with van der Waals surface area (Å²) in [6.07, 6.45) is 0.193. The van der Waals surface area contributed by atoms with E-state index in [0.717, 1.165) is 0 Å². The summed E-state index contributed by atoms with van der Waals surface area (Å²) in [4.78, 5) is 18.2. The zero-order chi connectivity index (χ0) is 24.4. The third-order valence-corrected chi connectivity index (χ3v) is 6.02. The molecule has 8 radical (unpaired) electrons. The minimum absolute atomic E-state index is 0.00862. The normalized spacial score (nSPS) is 20.1. The molecule has 4 heterocycles. The molecule has 1 saturated heterocycles. The molecule has 8 nitrogen and oxygen atoms in total. The van der Waals surface area contributed by atoms with Gasteiger partial charge in [-0.2, -0.15) is 10.4 Å². The number of rotatable bonds is 3. The van der Waals surface area contributed by atoms with Crippen LogP contribution in [-0.2, 0) is 6.54 Å². The fourth-order valence-corrected chi connectivity index (χ4v) is 4.45.